The van der Waals surface area contributed by atoms with E-state index in [1.807, 2.05) is 43.1 Å². The third-order valence-corrected chi connectivity index (χ3v) is 2.86. The second-order valence-electron chi connectivity index (χ2n) is 4.76. The number of aryl methyl sites for hydroxylation is 1. The number of carboxylic acids is 1. The van der Waals surface area contributed by atoms with Gasteiger partial charge in [-0.1, -0.05) is 28.9 Å². The summed E-state index contributed by atoms with van der Waals surface area (Å²) in [7, 11) is 1.82. The van der Waals surface area contributed by atoms with E-state index < -0.39 is 5.97 Å². The number of hydrogen-bond donors (Lipinski definition) is 1. The Labute approximate surface area is 129 Å². The molecule has 0 aliphatic heterocycles. The van der Waals surface area contributed by atoms with Crippen molar-refractivity contribution in [3.8, 4) is 11.4 Å². The van der Waals surface area contributed by atoms with Crippen molar-refractivity contribution in [2.45, 2.75) is 19.9 Å². The van der Waals surface area contributed by atoms with Crippen LogP contribution in [0.2, 0.25) is 0 Å². The van der Waals surface area contributed by atoms with Crippen LogP contribution in [0.5, 0.6) is 0 Å². The van der Waals surface area contributed by atoms with Gasteiger partial charge in [-0.2, -0.15) is 4.98 Å². The number of aromatic nitrogens is 2. The first-order chi connectivity index (χ1) is 9.54. The molecule has 2 rings (SSSR count). The van der Waals surface area contributed by atoms with Gasteiger partial charge in [0.25, 0.3) is 0 Å². The minimum absolute atomic E-state index is 0. The van der Waals surface area contributed by atoms with Crippen molar-refractivity contribution < 1.29 is 14.4 Å². The van der Waals surface area contributed by atoms with Crippen LogP contribution in [0.3, 0.4) is 0 Å². The summed E-state index contributed by atoms with van der Waals surface area (Å²) in [6.07, 6.45) is 0.0926. The molecule has 1 aromatic carbocycles. The third kappa shape index (κ3) is 5.17. The lowest BCUT2D eigenvalue weighted by Gasteiger charge is -2.11. The van der Waals surface area contributed by atoms with E-state index in [-0.39, 0.29) is 18.8 Å². The molecule has 0 atom stereocenters. The van der Waals surface area contributed by atoms with E-state index in [4.69, 9.17) is 9.63 Å². The average Bonchev–Trinajstić information content (AvgIpc) is 2.85. The number of rotatable bonds is 6. The van der Waals surface area contributed by atoms with Crippen LogP contribution >= 0.6 is 12.4 Å². The normalized spacial score (nSPS) is 10.4. The molecule has 0 saturated carbocycles. The molecule has 0 fully saturated rings. The smallest absolute Gasteiger partial charge is 0.304 e. The number of carbonyl (C=O) groups is 1. The Hall–Kier alpha value is -1.92. The Morgan fingerprint density at radius 3 is 2.86 bits per heavy atom. The highest BCUT2D eigenvalue weighted by molar-refractivity contribution is 5.85. The topological polar surface area (TPSA) is 79.5 Å². The van der Waals surface area contributed by atoms with Gasteiger partial charge in [-0.15, -0.1) is 12.4 Å². The lowest BCUT2D eigenvalue weighted by molar-refractivity contribution is -0.137. The van der Waals surface area contributed by atoms with E-state index in [2.05, 4.69) is 10.1 Å². The predicted octanol–water partition coefficient (Wildman–Crippen LogP) is 2.37. The molecule has 114 valence electrons. The zero-order valence-corrected chi connectivity index (χ0v) is 12.8. The summed E-state index contributed by atoms with van der Waals surface area (Å²) >= 11 is 0. The van der Waals surface area contributed by atoms with E-state index in [0.717, 1.165) is 11.1 Å². The van der Waals surface area contributed by atoms with Crippen LogP contribution in [0.1, 0.15) is 17.9 Å². The zero-order valence-electron chi connectivity index (χ0n) is 11.9. The number of carboxylic acid groups (broad SMARTS) is 1. The summed E-state index contributed by atoms with van der Waals surface area (Å²) in [5.74, 6) is 0.215. The van der Waals surface area contributed by atoms with Gasteiger partial charge in [0.1, 0.15) is 0 Å². The minimum atomic E-state index is -0.817. The van der Waals surface area contributed by atoms with Crippen LogP contribution in [-0.4, -0.2) is 39.7 Å². The fourth-order valence-electron chi connectivity index (χ4n) is 1.82. The van der Waals surface area contributed by atoms with Gasteiger partial charge in [-0.3, -0.25) is 9.69 Å². The van der Waals surface area contributed by atoms with E-state index in [1.54, 1.807) is 0 Å². The second kappa shape index (κ2) is 7.75. The van der Waals surface area contributed by atoms with Crippen LogP contribution in [0, 0.1) is 6.92 Å². The Morgan fingerprint density at radius 1 is 1.43 bits per heavy atom. The largest absolute Gasteiger partial charge is 0.481 e. The van der Waals surface area contributed by atoms with Crippen molar-refractivity contribution in [2.75, 3.05) is 13.6 Å². The molecule has 2 aromatic rings. The minimum Gasteiger partial charge on any atom is -0.481 e. The molecule has 0 aliphatic rings. The van der Waals surface area contributed by atoms with Crippen molar-refractivity contribution >= 4 is 18.4 Å². The summed E-state index contributed by atoms with van der Waals surface area (Å²) in [6, 6.07) is 7.86. The first-order valence-electron chi connectivity index (χ1n) is 6.34. The molecule has 21 heavy (non-hydrogen) atoms. The van der Waals surface area contributed by atoms with Crippen molar-refractivity contribution in [1.29, 1.82) is 0 Å². The van der Waals surface area contributed by atoms with Gasteiger partial charge in [0, 0.05) is 12.1 Å². The Bertz CT molecular complexity index is 601. The molecule has 1 N–H and O–H groups in total. The Balaban J connectivity index is 0.00000220. The van der Waals surface area contributed by atoms with E-state index >= 15 is 0 Å². The zero-order chi connectivity index (χ0) is 14.5. The van der Waals surface area contributed by atoms with Crippen molar-refractivity contribution in [3.05, 3.63) is 35.7 Å². The standard InChI is InChI=1S/C14H17N3O3.ClH/c1-10-4-3-5-11(8-10)14-15-12(20-16-14)9-17(2)7-6-13(18)19;/h3-5,8H,6-7,9H2,1-2H3,(H,18,19);1H. The molecule has 0 aliphatic carbocycles. The van der Waals surface area contributed by atoms with E-state index in [0.29, 0.717) is 24.8 Å². The quantitative estimate of drug-likeness (QED) is 0.882. The van der Waals surface area contributed by atoms with Gasteiger partial charge >= 0.3 is 5.97 Å². The summed E-state index contributed by atoms with van der Waals surface area (Å²) in [5.41, 5.74) is 2.04. The van der Waals surface area contributed by atoms with Gasteiger partial charge < -0.3 is 9.63 Å². The maximum atomic E-state index is 10.5. The van der Waals surface area contributed by atoms with Crippen molar-refractivity contribution in [1.82, 2.24) is 15.0 Å². The Kier molecular flexibility index (Phi) is 6.33. The number of halogens is 1. The fourth-order valence-corrected chi connectivity index (χ4v) is 1.82. The molecule has 0 bridgehead atoms. The van der Waals surface area contributed by atoms with Crippen LogP contribution < -0.4 is 0 Å². The van der Waals surface area contributed by atoms with E-state index in [1.165, 1.54) is 0 Å². The molecule has 7 heteroatoms. The summed E-state index contributed by atoms with van der Waals surface area (Å²) < 4.78 is 5.19. The molecular formula is C14H18ClN3O3. The molecule has 0 amide bonds. The maximum Gasteiger partial charge on any atom is 0.304 e. The molecular weight excluding hydrogens is 294 g/mol. The van der Waals surface area contributed by atoms with E-state index in [9.17, 15) is 4.79 Å². The highest BCUT2D eigenvalue weighted by Gasteiger charge is 2.11. The highest BCUT2D eigenvalue weighted by Crippen LogP contribution is 2.17. The first kappa shape index (κ1) is 17.1. The second-order valence-corrected chi connectivity index (χ2v) is 4.76. The summed E-state index contributed by atoms with van der Waals surface area (Å²) in [6.45, 7) is 2.88. The molecule has 0 saturated heterocycles. The maximum absolute atomic E-state index is 10.5. The van der Waals surface area contributed by atoms with Crippen LogP contribution in [0.4, 0.5) is 0 Å². The third-order valence-electron chi connectivity index (χ3n) is 2.86. The molecule has 1 heterocycles. The van der Waals surface area contributed by atoms with Gasteiger partial charge in [0.05, 0.1) is 13.0 Å². The fraction of sp³-hybridized carbons (Fsp3) is 0.357. The lowest BCUT2D eigenvalue weighted by atomic mass is 10.1. The van der Waals surface area contributed by atoms with Gasteiger partial charge in [-0.05, 0) is 20.0 Å². The van der Waals surface area contributed by atoms with Crippen LogP contribution in [0.15, 0.2) is 28.8 Å². The Morgan fingerprint density at radius 2 is 2.19 bits per heavy atom. The molecule has 0 unspecified atom stereocenters. The van der Waals surface area contributed by atoms with Crippen molar-refractivity contribution in [3.63, 3.8) is 0 Å². The predicted molar refractivity (Wildman–Crippen MR) is 80.3 cm³/mol. The average molecular weight is 312 g/mol. The van der Waals surface area contributed by atoms with Crippen LogP contribution in [-0.2, 0) is 11.3 Å². The van der Waals surface area contributed by atoms with Crippen molar-refractivity contribution in [2.24, 2.45) is 0 Å². The molecule has 1 aromatic heterocycles. The van der Waals surface area contributed by atoms with Gasteiger partial charge in [-0.25, -0.2) is 0 Å². The summed E-state index contributed by atoms with van der Waals surface area (Å²) in [5, 5.41) is 12.6. The number of nitrogens with zero attached hydrogens (tertiary/aromatic N) is 3. The first-order valence-corrected chi connectivity index (χ1v) is 6.34. The number of benzene rings is 1. The lowest BCUT2D eigenvalue weighted by Crippen LogP contribution is -2.21. The molecule has 0 radical (unpaired) electrons. The molecule has 6 nitrogen and oxygen atoms in total. The highest BCUT2D eigenvalue weighted by atomic mass is 35.5. The molecule has 0 spiro atoms. The van der Waals surface area contributed by atoms with Gasteiger partial charge in [0.15, 0.2) is 0 Å². The SMILES string of the molecule is Cc1cccc(-c2noc(CN(C)CCC(=O)O)n2)c1.Cl. The van der Waals surface area contributed by atoms with Crippen LogP contribution in [0.25, 0.3) is 11.4 Å². The summed E-state index contributed by atoms with van der Waals surface area (Å²) in [4.78, 5) is 16.7. The number of hydrogen-bond acceptors (Lipinski definition) is 5. The monoisotopic (exact) mass is 311 g/mol. The number of aliphatic carboxylic acids is 1. The van der Waals surface area contributed by atoms with Gasteiger partial charge in [0.2, 0.25) is 11.7 Å².